The third-order valence-corrected chi connectivity index (χ3v) is 2.82. The number of esters is 2. The van der Waals surface area contributed by atoms with Crippen molar-refractivity contribution in [3.8, 4) is 0 Å². The predicted molar refractivity (Wildman–Crippen MR) is 67.1 cm³/mol. The summed E-state index contributed by atoms with van der Waals surface area (Å²) in [6, 6.07) is 0. The number of carbonyl (C=O) groups is 2. The summed E-state index contributed by atoms with van der Waals surface area (Å²) in [5.41, 5.74) is -0.754. The number of hydrogen-bond acceptors (Lipinski definition) is 5. The largest absolute Gasteiger partial charge is 0.469 e. The van der Waals surface area contributed by atoms with E-state index in [0.717, 1.165) is 6.42 Å². The average molecular weight is 260 g/mol. The molecule has 0 spiro atoms. The highest BCUT2D eigenvalue weighted by molar-refractivity contribution is 5.71. The summed E-state index contributed by atoms with van der Waals surface area (Å²) in [5, 5.41) is 0. The molecule has 18 heavy (non-hydrogen) atoms. The van der Waals surface area contributed by atoms with Crippen LogP contribution in [0.1, 0.15) is 40.0 Å². The lowest BCUT2D eigenvalue weighted by atomic mass is 9.88. The molecule has 0 saturated heterocycles. The van der Waals surface area contributed by atoms with Crippen molar-refractivity contribution in [2.45, 2.75) is 45.6 Å². The first-order valence-corrected chi connectivity index (χ1v) is 6.15. The van der Waals surface area contributed by atoms with Crippen LogP contribution >= 0.6 is 0 Å². The summed E-state index contributed by atoms with van der Waals surface area (Å²) in [6.45, 7) is 5.82. The van der Waals surface area contributed by atoms with Crippen LogP contribution in [-0.2, 0) is 23.8 Å². The van der Waals surface area contributed by atoms with Gasteiger partial charge in [-0.2, -0.15) is 0 Å². The maximum atomic E-state index is 11.5. The maximum absolute atomic E-state index is 11.5. The first-order valence-electron chi connectivity index (χ1n) is 6.15. The Hall–Kier alpha value is -1.10. The fraction of sp³-hybridized carbons (Fsp3) is 0.846. The molecule has 0 rings (SSSR count). The molecular weight excluding hydrogens is 236 g/mol. The summed E-state index contributed by atoms with van der Waals surface area (Å²) >= 11 is 0. The number of methoxy groups -OCH3 is 2. The summed E-state index contributed by atoms with van der Waals surface area (Å²) in [4.78, 5) is 22.9. The zero-order chi connectivity index (χ0) is 14.2. The molecule has 0 aliphatic heterocycles. The Bertz CT molecular complexity index is 273. The lowest BCUT2D eigenvalue weighted by molar-refractivity contribution is -0.167. The van der Waals surface area contributed by atoms with Crippen molar-refractivity contribution in [3.63, 3.8) is 0 Å². The van der Waals surface area contributed by atoms with E-state index in [1.165, 1.54) is 7.11 Å². The molecule has 0 aromatic carbocycles. The third-order valence-electron chi connectivity index (χ3n) is 2.82. The SMILES string of the molecule is CCCC(=O)OC(C)(C)C(COC)CC(=O)OC. The van der Waals surface area contributed by atoms with Gasteiger partial charge in [0.1, 0.15) is 5.60 Å². The van der Waals surface area contributed by atoms with Gasteiger partial charge in [-0.1, -0.05) is 6.92 Å². The van der Waals surface area contributed by atoms with Crippen LogP contribution in [0.3, 0.4) is 0 Å². The van der Waals surface area contributed by atoms with E-state index < -0.39 is 5.60 Å². The maximum Gasteiger partial charge on any atom is 0.306 e. The fourth-order valence-corrected chi connectivity index (χ4v) is 1.62. The second-order valence-electron chi connectivity index (χ2n) is 4.76. The topological polar surface area (TPSA) is 61.8 Å². The molecule has 0 radical (unpaired) electrons. The number of carbonyl (C=O) groups excluding carboxylic acids is 2. The molecular formula is C13H24O5. The molecule has 0 aliphatic carbocycles. The second kappa shape index (κ2) is 8.08. The minimum absolute atomic E-state index is 0.163. The van der Waals surface area contributed by atoms with E-state index in [1.54, 1.807) is 21.0 Å². The van der Waals surface area contributed by atoms with Gasteiger partial charge in [-0.05, 0) is 20.3 Å². The van der Waals surface area contributed by atoms with Gasteiger partial charge < -0.3 is 14.2 Å². The molecule has 0 aromatic rings. The third kappa shape index (κ3) is 6.00. The lowest BCUT2D eigenvalue weighted by Crippen LogP contribution is -2.40. The highest BCUT2D eigenvalue weighted by atomic mass is 16.6. The second-order valence-corrected chi connectivity index (χ2v) is 4.76. The van der Waals surface area contributed by atoms with E-state index in [0.29, 0.717) is 13.0 Å². The molecule has 0 N–H and O–H groups in total. The highest BCUT2D eigenvalue weighted by Gasteiger charge is 2.35. The molecule has 1 atom stereocenters. The van der Waals surface area contributed by atoms with Crippen LogP contribution in [0.4, 0.5) is 0 Å². The smallest absolute Gasteiger partial charge is 0.306 e. The van der Waals surface area contributed by atoms with Crippen molar-refractivity contribution in [2.24, 2.45) is 5.92 Å². The molecule has 0 aromatic heterocycles. The van der Waals surface area contributed by atoms with Gasteiger partial charge in [-0.15, -0.1) is 0 Å². The van der Waals surface area contributed by atoms with Crippen LogP contribution < -0.4 is 0 Å². The van der Waals surface area contributed by atoms with Gasteiger partial charge >= 0.3 is 11.9 Å². The fourth-order valence-electron chi connectivity index (χ4n) is 1.62. The standard InChI is InChI=1S/C13H24O5/c1-6-7-11(14)18-13(2,3)10(9-16-4)8-12(15)17-5/h10H,6-9H2,1-5H3. The molecule has 0 amide bonds. The summed E-state index contributed by atoms with van der Waals surface area (Å²) < 4.78 is 15.1. The van der Waals surface area contributed by atoms with E-state index in [-0.39, 0.29) is 24.3 Å². The van der Waals surface area contributed by atoms with Gasteiger partial charge in [-0.25, -0.2) is 0 Å². The van der Waals surface area contributed by atoms with Gasteiger partial charge in [0.05, 0.1) is 20.1 Å². The summed E-state index contributed by atoms with van der Waals surface area (Å²) in [7, 11) is 2.89. The Morgan fingerprint density at radius 1 is 1.17 bits per heavy atom. The average Bonchev–Trinajstić information content (AvgIpc) is 2.27. The van der Waals surface area contributed by atoms with Crippen molar-refractivity contribution < 1.29 is 23.8 Å². The first kappa shape index (κ1) is 16.9. The Kier molecular flexibility index (Phi) is 7.59. The lowest BCUT2D eigenvalue weighted by Gasteiger charge is -2.33. The number of hydrogen-bond donors (Lipinski definition) is 0. The van der Waals surface area contributed by atoms with Crippen LogP contribution in [-0.4, -0.2) is 38.4 Å². The summed E-state index contributed by atoms with van der Waals surface area (Å²) in [5.74, 6) is -0.819. The summed E-state index contributed by atoms with van der Waals surface area (Å²) in [6.07, 6.45) is 1.28. The normalized spacial score (nSPS) is 12.9. The molecule has 0 saturated carbocycles. The van der Waals surface area contributed by atoms with Crippen molar-refractivity contribution in [1.82, 2.24) is 0 Å². The quantitative estimate of drug-likeness (QED) is 0.624. The molecule has 0 aliphatic rings. The molecule has 5 heteroatoms. The molecule has 106 valence electrons. The van der Waals surface area contributed by atoms with Crippen molar-refractivity contribution in [1.29, 1.82) is 0 Å². The van der Waals surface area contributed by atoms with E-state index >= 15 is 0 Å². The Labute approximate surface area is 109 Å². The molecule has 1 unspecified atom stereocenters. The minimum atomic E-state index is -0.754. The molecule has 5 nitrogen and oxygen atoms in total. The van der Waals surface area contributed by atoms with Crippen molar-refractivity contribution in [3.05, 3.63) is 0 Å². The first-order chi connectivity index (χ1) is 8.37. The Morgan fingerprint density at radius 2 is 1.78 bits per heavy atom. The van der Waals surface area contributed by atoms with Gasteiger partial charge in [0.2, 0.25) is 0 Å². The van der Waals surface area contributed by atoms with Crippen LogP contribution in [0.25, 0.3) is 0 Å². The van der Waals surface area contributed by atoms with Gasteiger partial charge in [0.25, 0.3) is 0 Å². The van der Waals surface area contributed by atoms with Gasteiger partial charge in [-0.3, -0.25) is 9.59 Å². The van der Waals surface area contributed by atoms with E-state index in [2.05, 4.69) is 4.74 Å². The van der Waals surface area contributed by atoms with Crippen LogP contribution in [0, 0.1) is 5.92 Å². The van der Waals surface area contributed by atoms with Crippen molar-refractivity contribution in [2.75, 3.05) is 20.8 Å². The zero-order valence-corrected chi connectivity index (χ0v) is 11.9. The monoisotopic (exact) mass is 260 g/mol. The Morgan fingerprint density at radius 3 is 2.22 bits per heavy atom. The van der Waals surface area contributed by atoms with Gasteiger partial charge in [0.15, 0.2) is 0 Å². The minimum Gasteiger partial charge on any atom is -0.469 e. The van der Waals surface area contributed by atoms with Crippen LogP contribution in [0.5, 0.6) is 0 Å². The number of ether oxygens (including phenoxy) is 3. The number of rotatable bonds is 8. The van der Waals surface area contributed by atoms with Crippen LogP contribution in [0.2, 0.25) is 0 Å². The highest BCUT2D eigenvalue weighted by Crippen LogP contribution is 2.26. The molecule has 0 bridgehead atoms. The predicted octanol–water partition coefficient (Wildman–Crippen LogP) is 1.93. The molecule has 0 heterocycles. The van der Waals surface area contributed by atoms with E-state index in [9.17, 15) is 9.59 Å². The van der Waals surface area contributed by atoms with Crippen molar-refractivity contribution >= 4 is 11.9 Å². The molecule has 0 fully saturated rings. The van der Waals surface area contributed by atoms with Crippen LogP contribution in [0.15, 0.2) is 0 Å². The van der Waals surface area contributed by atoms with E-state index in [1.807, 2.05) is 6.92 Å². The Balaban J connectivity index is 4.63. The zero-order valence-electron chi connectivity index (χ0n) is 11.9. The van der Waals surface area contributed by atoms with Gasteiger partial charge in [0, 0.05) is 19.4 Å². The van der Waals surface area contributed by atoms with E-state index in [4.69, 9.17) is 9.47 Å².